The number of hydrogen-bond donors (Lipinski definition) is 1. The van der Waals surface area contributed by atoms with E-state index in [1.165, 1.54) is 21.0 Å². The maximum absolute atomic E-state index is 13.0. The van der Waals surface area contributed by atoms with Gasteiger partial charge >= 0.3 is 17.9 Å². The van der Waals surface area contributed by atoms with Crippen LogP contribution in [0.1, 0.15) is 87.2 Å². The molecule has 1 N–H and O–H groups in total. The van der Waals surface area contributed by atoms with Crippen molar-refractivity contribution in [3.05, 3.63) is 46.6 Å². The Kier molecular flexibility index (Phi) is 10.1. The molecule has 7 nitrogen and oxygen atoms in total. The van der Waals surface area contributed by atoms with Crippen molar-refractivity contribution >= 4 is 17.9 Å². The summed E-state index contributed by atoms with van der Waals surface area (Å²) in [6.07, 6.45) is 6.76. The number of esters is 3. The Morgan fingerprint density at radius 2 is 1.82 bits per heavy atom. The fraction of sp³-hybridized carbons (Fsp3) is 0.519. The molecule has 2 rings (SSSR count). The summed E-state index contributed by atoms with van der Waals surface area (Å²) in [6.45, 7) is 10.4. The number of unbranched alkanes of at least 4 members (excludes halogenated alkanes) is 2. The highest BCUT2D eigenvalue weighted by atomic mass is 16.6. The van der Waals surface area contributed by atoms with Gasteiger partial charge in [-0.2, -0.15) is 0 Å². The van der Waals surface area contributed by atoms with Gasteiger partial charge in [-0.15, -0.1) is 0 Å². The van der Waals surface area contributed by atoms with Gasteiger partial charge in [-0.25, -0.2) is 4.79 Å². The van der Waals surface area contributed by atoms with Gasteiger partial charge in [0.25, 0.3) is 0 Å². The molecule has 0 aliphatic heterocycles. The molecule has 2 atom stereocenters. The Hall–Kier alpha value is -2.93. The highest BCUT2D eigenvalue weighted by Gasteiger charge is 2.36. The zero-order chi connectivity index (χ0) is 25.4. The smallest absolute Gasteiger partial charge is 0.341 e. The number of allylic oxidation sites excluding steroid dienone is 2. The van der Waals surface area contributed by atoms with Gasteiger partial charge in [0.1, 0.15) is 11.3 Å². The average molecular weight is 473 g/mol. The summed E-state index contributed by atoms with van der Waals surface area (Å²) in [7, 11) is 1.27. The molecule has 34 heavy (non-hydrogen) atoms. The van der Waals surface area contributed by atoms with E-state index < -0.39 is 23.8 Å². The van der Waals surface area contributed by atoms with Crippen molar-refractivity contribution in [3.63, 3.8) is 0 Å². The lowest BCUT2D eigenvalue weighted by molar-refractivity contribution is -0.132. The summed E-state index contributed by atoms with van der Waals surface area (Å²) in [5, 5.41) is 9.83. The van der Waals surface area contributed by atoms with Crippen molar-refractivity contribution in [1.82, 2.24) is 0 Å². The molecular weight excluding hydrogens is 436 g/mol. The molecule has 0 amide bonds. The van der Waals surface area contributed by atoms with Gasteiger partial charge in [-0.3, -0.25) is 9.59 Å². The van der Waals surface area contributed by atoms with Crippen LogP contribution in [-0.4, -0.2) is 36.7 Å². The largest absolute Gasteiger partial charge is 0.465 e. The van der Waals surface area contributed by atoms with Gasteiger partial charge in [0.05, 0.1) is 13.7 Å². The second-order valence-corrected chi connectivity index (χ2v) is 8.79. The molecule has 1 aliphatic rings. The maximum Gasteiger partial charge on any atom is 0.341 e. The molecule has 0 saturated heterocycles. The van der Waals surface area contributed by atoms with Gasteiger partial charge in [-0.1, -0.05) is 38.0 Å². The van der Waals surface area contributed by atoms with E-state index in [-0.39, 0.29) is 29.6 Å². The number of aliphatic hydroxyl groups is 1. The topological polar surface area (TPSA) is 99.1 Å². The first-order valence-electron chi connectivity index (χ1n) is 11.7. The van der Waals surface area contributed by atoms with Gasteiger partial charge in [0, 0.05) is 25.3 Å². The van der Waals surface area contributed by atoms with E-state index in [1.807, 2.05) is 13.0 Å². The summed E-state index contributed by atoms with van der Waals surface area (Å²) in [4.78, 5) is 37.2. The number of ether oxygens (including phenoxy) is 3. The van der Waals surface area contributed by atoms with E-state index in [4.69, 9.17) is 14.2 Å². The molecule has 1 aromatic carbocycles. The van der Waals surface area contributed by atoms with Gasteiger partial charge in [0.15, 0.2) is 5.75 Å². The van der Waals surface area contributed by atoms with Gasteiger partial charge < -0.3 is 19.3 Å². The summed E-state index contributed by atoms with van der Waals surface area (Å²) < 4.78 is 16.4. The molecule has 1 aliphatic carbocycles. The van der Waals surface area contributed by atoms with Crippen LogP contribution in [0.3, 0.4) is 0 Å². The fourth-order valence-electron chi connectivity index (χ4n) is 4.52. The van der Waals surface area contributed by atoms with Crippen LogP contribution in [0.25, 0.3) is 0 Å². The minimum absolute atomic E-state index is 0.0382. The van der Waals surface area contributed by atoms with Crippen LogP contribution in [-0.2, 0) is 20.7 Å². The first-order valence-corrected chi connectivity index (χ1v) is 11.7. The lowest BCUT2D eigenvalue weighted by atomic mass is 9.73. The van der Waals surface area contributed by atoms with E-state index >= 15 is 0 Å². The Morgan fingerprint density at radius 3 is 2.38 bits per heavy atom. The number of carbonyl (C=O) groups excluding carboxylic acids is 3. The number of carbonyl (C=O) groups is 3. The quantitative estimate of drug-likeness (QED) is 0.220. The molecule has 0 bridgehead atoms. The SMILES string of the molecule is C=C(CO)[C@H]1CCC(C)=C[C@H]1c1c(OC(C)=O)cc(CCCCC)c(C(=O)OC)c1OC(C)=O. The van der Waals surface area contributed by atoms with Crippen LogP contribution in [0.5, 0.6) is 11.5 Å². The Balaban J connectivity index is 2.92. The number of rotatable bonds is 10. The zero-order valence-corrected chi connectivity index (χ0v) is 20.9. The van der Waals surface area contributed by atoms with Crippen molar-refractivity contribution in [2.75, 3.05) is 13.7 Å². The molecule has 7 heteroatoms. The predicted molar refractivity (Wildman–Crippen MR) is 129 cm³/mol. The van der Waals surface area contributed by atoms with Crippen LogP contribution in [0.15, 0.2) is 29.9 Å². The minimum atomic E-state index is -0.632. The molecule has 0 spiro atoms. The predicted octanol–water partition coefficient (Wildman–Crippen LogP) is 5.04. The lowest BCUT2D eigenvalue weighted by Crippen LogP contribution is -2.23. The molecule has 0 unspecified atom stereocenters. The summed E-state index contributed by atoms with van der Waals surface area (Å²) in [5.74, 6) is -2.13. The van der Waals surface area contributed by atoms with Crippen molar-refractivity contribution in [1.29, 1.82) is 0 Å². The van der Waals surface area contributed by atoms with E-state index in [1.54, 1.807) is 6.07 Å². The minimum Gasteiger partial charge on any atom is -0.465 e. The number of methoxy groups -OCH3 is 1. The second kappa shape index (κ2) is 12.5. The third-order valence-corrected chi connectivity index (χ3v) is 6.11. The number of hydrogen-bond acceptors (Lipinski definition) is 7. The second-order valence-electron chi connectivity index (χ2n) is 8.79. The van der Waals surface area contributed by atoms with Crippen molar-refractivity contribution in [3.8, 4) is 11.5 Å². The normalized spacial score (nSPS) is 17.5. The number of aliphatic hydroxyl groups excluding tert-OH is 1. The monoisotopic (exact) mass is 472 g/mol. The maximum atomic E-state index is 13.0. The summed E-state index contributed by atoms with van der Waals surface area (Å²) >= 11 is 0. The Bertz CT molecular complexity index is 974. The number of benzene rings is 1. The molecular formula is C27H36O7. The van der Waals surface area contributed by atoms with Gasteiger partial charge in [0.2, 0.25) is 0 Å². The van der Waals surface area contributed by atoms with Gasteiger partial charge in [-0.05, 0) is 55.7 Å². The summed E-state index contributed by atoms with van der Waals surface area (Å²) in [5.41, 5.74) is 2.86. The highest BCUT2D eigenvalue weighted by molar-refractivity contribution is 5.96. The molecule has 0 radical (unpaired) electrons. The first kappa shape index (κ1) is 27.3. The fourth-order valence-corrected chi connectivity index (χ4v) is 4.52. The third kappa shape index (κ3) is 6.56. The molecule has 186 valence electrons. The summed E-state index contributed by atoms with van der Waals surface area (Å²) in [6, 6.07) is 1.68. The molecule has 0 heterocycles. The highest BCUT2D eigenvalue weighted by Crippen LogP contribution is 2.49. The van der Waals surface area contributed by atoms with E-state index in [0.717, 1.165) is 31.3 Å². The van der Waals surface area contributed by atoms with Crippen LogP contribution < -0.4 is 9.47 Å². The first-order chi connectivity index (χ1) is 16.1. The van der Waals surface area contributed by atoms with Crippen LogP contribution in [0.2, 0.25) is 0 Å². The van der Waals surface area contributed by atoms with Crippen molar-refractivity contribution in [2.24, 2.45) is 5.92 Å². The third-order valence-electron chi connectivity index (χ3n) is 6.11. The Labute approximate surface area is 201 Å². The van der Waals surface area contributed by atoms with E-state index in [2.05, 4.69) is 13.5 Å². The molecule has 1 aromatic rings. The van der Waals surface area contributed by atoms with E-state index in [9.17, 15) is 19.5 Å². The standard InChI is InChI=1S/C27H36O7/c1-7-8-9-10-20-14-23(33-18(4)29)25(26(34-19(5)30)24(20)27(31)32-6)22-13-16(2)11-12-21(22)17(3)15-28/h13-14,21-22,28H,3,7-12,15H2,1-2,4-6H3/t21-,22-/m1/s1. The average Bonchev–Trinajstić information content (AvgIpc) is 2.77. The van der Waals surface area contributed by atoms with Crippen LogP contribution >= 0.6 is 0 Å². The van der Waals surface area contributed by atoms with Crippen LogP contribution in [0.4, 0.5) is 0 Å². The zero-order valence-electron chi connectivity index (χ0n) is 20.9. The molecule has 0 saturated carbocycles. The number of aryl methyl sites for hydroxylation is 1. The molecule has 0 fully saturated rings. The van der Waals surface area contributed by atoms with Crippen molar-refractivity contribution in [2.45, 2.75) is 72.1 Å². The van der Waals surface area contributed by atoms with Crippen LogP contribution in [0, 0.1) is 5.92 Å². The molecule has 0 aromatic heterocycles. The lowest BCUT2D eigenvalue weighted by Gasteiger charge is -2.33. The van der Waals surface area contributed by atoms with E-state index in [0.29, 0.717) is 29.5 Å². The Morgan fingerprint density at radius 1 is 1.15 bits per heavy atom. The van der Waals surface area contributed by atoms with Crippen molar-refractivity contribution < 1.29 is 33.7 Å².